The lowest BCUT2D eigenvalue weighted by Gasteiger charge is -1.93. The first-order chi connectivity index (χ1) is 5.08. The molecule has 0 aromatic heterocycles. The van der Waals surface area contributed by atoms with Crippen molar-refractivity contribution in [3.05, 3.63) is 11.1 Å². The highest BCUT2D eigenvalue weighted by Gasteiger charge is 1.94. The zero-order valence-corrected chi connectivity index (χ0v) is 11.2. The Kier molecular flexibility index (Phi) is 14.8. The molecule has 0 spiro atoms. The molecule has 11 heavy (non-hydrogen) atoms. The minimum Gasteiger partial charge on any atom is -0.297 e. The molecule has 0 rings (SSSR count). The Morgan fingerprint density at radius 1 is 1.73 bits per heavy atom. The van der Waals surface area contributed by atoms with E-state index in [0.29, 0.717) is 21.5 Å². The summed E-state index contributed by atoms with van der Waals surface area (Å²) in [4.78, 5) is 9.79. The van der Waals surface area contributed by atoms with Crippen molar-refractivity contribution in [3.63, 3.8) is 0 Å². The second-order valence-electron chi connectivity index (χ2n) is 1.47. The topological polar surface area (TPSA) is 17.1 Å². The van der Waals surface area contributed by atoms with E-state index in [1.165, 1.54) is 0 Å². The zero-order chi connectivity index (χ0) is 9.28. The maximum atomic E-state index is 9.36. The van der Waals surface area contributed by atoms with Crippen LogP contribution in [0.15, 0.2) is 11.1 Å². The largest absolute Gasteiger partial charge is 0.297 e. The van der Waals surface area contributed by atoms with Crippen molar-refractivity contribution in [1.29, 1.82) is 0 Å². The SMILES string of the molecule is C=C(Br)C=O.ClCC(Br)CBr. The zero-order valence-electron chi connectivity index (χ0n) is 5.70. The van der Waals surface area contributed by atoms with Crippen LogP contribution in [0.4, 0.5) is 0 Å². The van der Waals surface area contributed by atoms with Crippen LogP contribution in [0.1, 0.15) is 0 Å². The van der Waals surface area contributed by atoms with E-state index in [2.05, 4.69) is 54.4 Å². The smallest absolute Gasteiger partial charge is 0.156 e. The second-order valence-corrected chi connectivity index (χ2v) is 4.74. The van der Waals surface area contributed by atoms with E-state index in [-0.39, 0.29) is 0 Å². The van der Waals surface area contributed by atoms with Gasteiger partial charge in [0, 0.05) is 16.0 Å². The van der Waals surface area contributed by atoms with Gasteiger partial charge in [-0.25, -0.2) is 0 Å². The Morgan fingerprint density at radius 2 is 2.09 bits per heavy atom. The van der Waals surface area contributed by atoms with E-state index in [9.17, 15) is 4.79 Å². The number of halogens is 4. The summed E-state index contributed by atoms with van der Waals surface area (Å²) >= 11 is 14.7. The molecule has 0 amide bonds. The molecule has 1 unspecified atom stereocenters. The van der Waals surface area contributed by atoms with Crippen molar-refractivity contribution >= 4 is 65.7 Å². The lowest BCUT2D eigenvalue weighted by Crippen LogP contribution is -1.98. The summed E-state index contributed by atoms with van der Waals surface area (Å²) in [6, 6.07) is 0. The second kappa shape index (κ2) is 11.1. The maximum absolute atomic E-state index is 9.36. The first-order valence-corrected chi connectivity index (χ1v) is 6.00. The van der Waals surface area contributed by atoms with Gasteiger partial charge in [0.1, 0.15) is 0 Å². The highest BCUT2D eigenvalue weighted by Crippen LogP contribution is 2.03. The van der Waals surface area contributed by atoms with Gasteiger partial charge in [0.25, 0.3) is 0 Å². The fourth-order valence-corrected chi connectivity index (χ4v) is 0.643. The van der Waals surface area contributed by atoms with Crippen molar-refractivity contribution in [2.75, 3.05) is 11.2 Å². The van der Waals surface area contributed by atoms with Crippen molar-refractivity contribution in [2.24, 2.45) is 0 Å². The van der Waals surface area contributed by atoms with Crippen LogP contribution in [0, 0.1) is 0 Å². The molecular weight excluding hydrogens is 363 g/mol. The Hall–Kier alpha value is 1.14. The maximum Gasteiger partial charge on any atom is 0.156 e. The summed E-state index contributed by atoms with van der Waals surface area (Å²) in [6.07, 6.45) is 0.639. The number of carbonyl (C=O) groups excluding carboxylic acids is 1. The highest BCUT2D eigenvalue weighted by molar-refractivity contribution is 9.12. The Balaban J connectivity index is 0. The fourth-order valence-electron chi connectivity index (χ4n) is 0.0412. The lowest BCUT2D eigenvalue weighted by molar-refractivity contribution is -0.104. The molecule has 0 aliphatic rings. The quantitative estimate of drug-likeness (QED) is 0.422. The summed E-state index contributed by atoms with van der Waals surface area (Å²) in [5.74, 6) is 0.672. The molecule has 0 radical (unpaired) electrons. The monoisotopic (exact) mass is 368 g/mol. The van der Waals surface area contributed by atoms with Crippen molar-refractivity contribution in [3.8, 4) is 0 Å². The Labute approximate surface area is 96.9 Å². The predicted molar refractivity (Wildman–Crippen MR) is 61.4 cm³/mol. The standard InChI is InChI=1S/C3H5Br2Cl.C3H3BrO/c4-1-3(5)2-6;1-3(4)2-5/h3H,1-2H2;2H,1H2. The van der Waals surface area contributed by atoms with Crippen LogP contribution in [0.2, 0.25) is 0 Å². The minimum atomic E-state index is 0.387. The van der Waals surface area contributed by atoms with Crippen LogP contribution in [0.25, 0.3) is 0 Å². The van der Waals surface area contributed by atoms with Gasteiger partial charge in [0.15, 0.2) is 6.29 Å². The van der Waals surface area contributed by atoms with Crippen LogP contribution in [-0.2, 0) is 4.79 Å². The van der Waals surface area contributed by atoms with Crippen molar-refractivity contribution < 1.29 is 4.79 Å². The normalized spacial score (nSPS) is 10.9. The number of hydrogen-bond donors (Lipinski definition) is 0. The summed E-state index contributed by atoms with van der Waals surface area (Å²) in [5, 5.41) is 0.927. The van der Waals surface area contributed by atoms with Gasteiger partial charge in [0.05, 0.1) is 4.48 Å². The molecule has 0 aromatic carbocycles. The van der Waals surface area contributed by atoms with Gasteiger partial charge in [-0.15, -0.1) is 11.6 Å². The number of rotatable bonds is 3. The number of alkyl halides is 3. The van der Waals surface area contributed by atoms with E-state index < -0.39 is 0 Å². The molecule has 0 aliphatic carbocycles. The molecule has 0 saturated heterocycles. The van der Waals surface area contributed by atoms with E-state index in [4.69, 9.17) is 11.6 Å². The van der Waals surface area contributed by atoms with Crippen LogP contribution in [0.5, 0.6) is 0 Å². The van der Waals surface area contributed by atoms with E-state index in [1.807, 2.05) is 0 Å². The number of hydrogen-bond acceptors (Lipinski definition) is 1. The molecule has 1 nitrogen and oxygen atoms in total. The molecule has 0 heterocycles. The molecule has 0 aromatic rings. The van der Waals surface area contributed by atoms with E-state index in [1.54, 1.807) is 0 Å². The number of allylic oxidation sites excluding steroid dienone is 1. The third kappa shape index (κ3) is 18.3. The highest BCUT2D eigenvalue weighted by atomic mass is 79.9. The fraction of sp³-hybridized carbons (Fsp3) is 0.500. The molecule has 0 fully saturated rings. The van der Waals surface area contributed by atoms with Gasteiger partial charge >= 0.3 is 0 Å². The van der Waals surface area contributed by atoms with E-state index >= 15 is 0 Å². The first-order valence-electron chi connectivity index (χ1n) is 2.64. The summed E-state index contributed by atoms with van der Waals surface area (Å²) < 4.78 is 0.387. The first kappa shape index (κ1) is 14.7. The Bertz CT molecular complexity index is 114. The summed E-state index contributed by atoms with van der Waals surface area (Å²) in [6.45, 7) is 3.22. The van der Waals surface area contributed by atoms with Gasteiger partial charge < -0.3 is 0 Å². The molecule has 66 valence electrons. The number of aldehydes is 1. The molecule has 1 atom stereocenters. The molecular formula is C6H8Br3ClO. The third-order valence-electron chi connectivity index (χ3n) is 0.463. The molecule has 0 aliphatic heterocycles. The molecule has 0 saturated carbocycles. The van der Waals surface area contributed by atoms with Crippen LogP contribution < -0.4 is 0 Å². The summed E-state index contributed by atoms with van der Waals surface area (Å²) in [7, 11) is 0. The van der Waals surface area contributed by atoms with Gasteiger partial charge in [-0.3, -0.25) is 4.79 Å². The third-order valence-corrected chi connectivity index (χ3v) is 3.69. The molecule has 0 bridgehead atoms. The van der Waals surface area contributed by atoms with Gasteiger partial charge in [-0.1, -0.05) is 38.4 Å². The Morgan fingerprint density at radius 3 is 2.09 bits per heavy atom. The molecule has 5 heteroatoms. The predicted octanol–water partition coefficient (Wildman–Crippen LogP) is 3.48. The van der Waals surface area contributed by atoms with Crippen molar-refractivity contribution in [2.45, 2.75) is 4.83 Å². The lowest BCUT2D eigenvalue weighted by atomic mass is 10.6. The van der Waals surface area contributed by atoms with Crippen molar-refractivity contribution in [1.82, 2.24) is 0 Å². The van der Waals surface area contributed by atoms with E-state index in [0.717, 1.165) is 5.33 Å². The van der Waals surface area contributed by atoms with Gasteiger partial charge in [-0.05, 0) is 15.9 Å². The van der Waals surface area contributed by atoms with Crippen LogP contribution in [-0.4, -0.2) is 22.3 Å². The van der Waals surface area contributed by atoms with Crippen LogP contribution in [0.3, 0.4) is 0 Å². The summed E-state index contributed by atoms with van der Waals surface area (Å²) in [5.41, 5.74) is 0. The number of carbonyl (C=O) groups is 1. The average Bonchev–Trinajstić information content (AvgIpc) is 2.04. The van der Waals surface area contributed by atoms with Gasteiger partial charge in [0.2, 0.25) is 0 Å². The van der Waals surface area contributed by atoms with Gasteiger partial charge in [-0.2, -0.15) is 0 Å². The minimum absolute atomic E-state index is 0.387. The van der Waals surface area contributed by atoms with Crippen LogP contribution >= 0.6 is 59.4 Å². The molecule has 0 N–H and O–H groups in total. The average molecular weight is 371 g/mol.